The van der Waals surface area contributed by atoms with Crippen LogP contribution in [0.4, 0.5) is 10.1 Å². The highest BCUT2D eigenvalue weighted by Crippen LogP contribution is 2.24. The molecule has 148 valence electrons. The fourth-order valence-electron chi connectivity index (χ4n) is 3.92. The first-order valence-corrected chi connectivity index (χ1v) is 9.92. The second-order valence-electron chi connectivity index (χ2n) is 7.27. The minimum absolute atomic E-state index is 0.0407. The number of rotatable bonds is 5. The molecule has 1 amide bonds. The number of amides is 1. The number of para-hydroxylation sites is 1. The molecule has 2 heterocycles. The number of halogens is 1. The maximum Gasteiger partial charge on any atom is 0.256 e. The van der Waals surface area contributed by atoms with Gasteiger partial charge in [-0.25, -0.2) is 4.39 Å². The SMILES string of the molecule is N#CCCCn1cc(C(=O)N2CCN(c3ccc(F)cc3)CC2)c2ccccc21. The van der Waals surface area contributed by atoms with Crippen LogP contribution in [0.3, 0.4) is 0 Å². The highest BCUT2D eigenvalue weighted by atomic mass is 19.1. The fraction of sp³-hybridized carbons (Fsp3) is 0.304. The largest absolute Gasteiger partial charge is 0.368 e. The van der Waals surface area contributed by atoms with Gasteiger partial charge in [-0.15, -0.1) is 0 Å². The first-order chi connectivity index (χ1) is 14.2. The topological polar surface area (TPSA) is 52.3 Å². The Morgan fingerprint density at radius 1 is 1.03 bits per heavy atom. The van der Waals surface area contributed by atoms with Crippen LogP contribution in [0.2, 0.25) is 0 Å². The van der Waals surface area contributed by atoms with Gasteiger partial charge in [-0.3, -0.25) is 4.79 Å². The Balaban J connectivity index is 1.49. The molecule has 3 aromatic rings. The Morgan fingerprint density at radius 3 is 2.48 bits per heavy atom. The van der Waals surface area contributed by atoms with E-state index in [-0.39, 0.29) is 11.7 Å². The molecule has 0 aliphatic carbocycles. The van der Waals surface area contributed by atoms with Gasteiger partial charge in [0.05, 0.1) is 11.6 Å². The quantitative estimate of drug-likeness (QED) is 0.618. The number of piperazine rings is 1. The lowest BCUT2D eigenvalue weighted by Gasteiger charge is -2.36. The minimum atomic E-state index is -0.242. The van der Waals surface area contributed by atoms with Crippen LogP contribution < -0.4 is 4.90 Å². The first-order valence-electron chi connectivity index (χ1n) is 9.92. The Labute approximate surface area is 169 Å². The van der Waals surface area contributed by atoms with Crippen molar-refractivity contribution in [2.24, 2.45) is 0 Å². The molecule has 29 heavy (non-hydrogen) atoms. The summed E-state index contributed by atoms with van der Waals surface area (Å²) in [6.45, 7) is 3.42. The number of aromatic nitrogens is 1. The van der Waals surface area contributed by atoms with E-state index in [1.165, 1.54) is 12.1 Å². The molecule has 0 unspecified atom stereocenters. The summed E-state index contributed by atoms with van der Waals surface area (Å²) < 4.78 is 15.2. The van der Waals surface area contributed by atoms with Crippen LogP contribution in [0.15, 0.2) is 54.7 Å². The number of hydrogen-bond donors (Lipinski definition) is 0. The number of hydrogen-bond acceptors (Lipinski definition) is 3. The van der Waals surface area contributed by atoms with E-state index in [4.69, 9.17) is 5.26 Å². The lowest BCUT2D eigenvalue weighted by atomic mass is 10.1. The summed E-state index contributed by atoms with van der Waals surface area (Å²) >= 11 is 0. The van der Waals surface area contributed by atoms with Crippen LogP contribution >= 0.6 is 0 Å². The number of benzene rings is 2. The molecule has 0 saturated carbocycles. The van der Waals surface area contributed by atoms with Gasteiger partial charge in [0.25, 0.3) is 5.91 Å². The molecule has 6 heteroatoms. The van der Waals surface area contributed by atoms with Crippen molar-refractivity contribution in [3.05, 3.63) is 66.1 Å². The van der Waals surface area contributed by atoms with E-state index in [0.29, 0.717) is 25.1 Å². The highest BCUT2D eigenvalue weighted by molar-refractivity contribution is 6.07. The van der Waals surface area contributed by atoms with Crippen molar-refractivity contribution in [2.45, 2.75) is 19.4 Å². The number of aryl methyl sites for hydroxylation is 1. The summed E-state index contributed by atoms with van der Waals surface area (Å²) in [7, 11) is 0. The molecule has 0 atom stereocenters. The molecule has 0 bridgehead atoms. The zero-order chi connectivity index (χ0) is 20.2. The number of unbranched alkanes of at least 4 members (excludes halogenated alkanes) is 1. The van der Waals surface area contributed by atoms with Crippen molar-refractivity contribution in [3.8, 4) is 6.07 Å². The molecular weight excluding hydrogens is 367 g/mol. The summed E-state index contributed by atoms with van der Waals surface area (Å²) in [5.41, 5.74) is 2.72. The second-order valence-corrected chi connectivity index (χ2v) is 7.27. The number of carbonyl (C=O) groups is 1. The van der Waals surface area contributed by atoms with Crippen molar-refractivity contribution in [3.63, 3.8) is 0 Å². The molecule has 1 aliphatic rings. The molecular formula is C23H23FN4O. The van der Waals surface area contributed by atoms with Gasteiger partial charge in [0.1, 0.15) is 5.82 Å². The Hall–Kier alpha value is -3.33. The zero-order valence-electron chi connectivity index (χ0n) is 16.2. The van der Waals surface area contributed by atoms with E-state index in [1.807, 2.05) is 35.4 Å². The highest BCUT2D eigenvalue weighted by Gasteiger charge is 2.25. The van der Waals surface area contributed by atoms with Crippen LogP contribution in [0, 0.1) is 17.1 Å². The average Bonchev–Trinajstić information content (AvgIpc) is 3.13. The maximum absolute atomic E-state index is 13.2. The molecule has 0 spiro atoms. The third-order valence-electron chi connectivity index (χ3n) is 5.47. The van der Waals surface area contributed by atoms with E-state index in [1.54, 1.807) is 12.1 Å². The molecule has 5 nitrogen and oxygen atoms in total. The first kappa shape index (κ1) is 19.0. The molecule has 1 aromatic heterocycles. The van der Waals surface area contributed by atoms with Crippen molar-refractivity contribution in [1.29, 1.82) is 5.26 Å². The van der Waals surface area contributed by atoms with E-state index >= 15 is 0 Å². The summed E-state index contributed by atoms with van der Waals surface area (Å²) in [5.74, 6) is -0.201. The molecule has 1 aliphatic heterocycles. The number of carbonyl (C=O) groups excluding carboxylic acids is 1. The van der Waals surface area contributed by atoms with Gasteiger partial charge in [-0.05, 0) is 36.8 Å². The molecule has 1 saturated heterocycles. The van der Waals surface area contributed by atoms with Gasteiger partial charge in [-0.1, -0.05) is 18.2 Å². The van der Waals surface area contributed by atoms with Crippen LogP contribution in [-0.4, -0.2) is 41.6 Å². The van der Waals surface area contributed by atoms with Gasteiger partial charge in [0.15, 0.2) is 0 Å². The molecule has 4 rings (SSSR count). The molecule has 0 radical (unpaired) electrons. The number of nitriles is 1. The van der Waals surface area contributed by atoms with Crippen LogP contribution in [-0.2, 0) is 6.54 Å². The Morgan fingerprint density at radius 2 is 1.76 bits per heavy atom. The predicted octanol–water partition coefficient (Wildman–Crippen LogP) is 4.05. The molecule has 1 fully saturated rings. The van der Waals surface area contributed by atoms with Gasteiger partial charge in [-0.2, -0.15) is 5.26 Å². The summed E-state index contributed by atoms with van der Waals surface area (Å²) in [6.07, 6.45) is 3.19. The van der Waals surface area contributed by atoms with E-state index in [0.717, 1.165) is 42.6 Å². The van der Waals surface area contributed by atoms with Crippen LogP contribution in [0.25, 0.3) is 10.9 Å². The lowest BCUT2D eigenvalue weighted by Crippen LogP contribution is -2.48. The molecule has 0 N–H and O–H groups in total. The van der Waals surface area contributed by atoms with Crippen molar-refractivity contribution < 1.29 is 9.18 Å². The van der Waals surface area contributed by atoms with E-state index in [2.05, 4.69) is 15.5 Å². The third kappa shape index (κ3) is 3.95. The molecule has 2 aromatic carbocycles. The van der Waals surface area contributed by atoms with Gasteiger partial charge in [0.2, 0.25) is 0 Å². The normalized spacial score (nSPS) is 14.2. The maximum atomic E-state index is 13.2. The predicted molar refractivity (Wildman–Crippen MR) is 111 cm³/mol. The van der Waals surface area contributed by atoms with Gasteiger partial charge >= 0.3 is 0 Å². The monoisotopic (exact) mass is 390 g/mol. The number of fused-ring (bicyclic) bond motifs is 1. The smallest absolute Gasteiger partial charge is 0.256 e. The van der Waals surface area contributed by atoms with Gasteiger partial charge in [0, 0.05) is 61.9 Å². The van der Waals surface area contributed by atoms with Crippen LogP contribution in [0.1, 0.15) is 23.2 Å². The van der Waals surface area contributed by atoms with E-state index in [9.17, 15) is 9.18 Å². The standard InChI is InChI=1S/C23H23FN4O/c24-18-7-9-19(10-8-18)26-13-15-27(16-14-26)23(29)21-17-28(12-4-3-11-25)22-6-2-1-5-20(21)22/h1-2,5-10,17H,3-4,12-16H2. The summed E-state index contributed by atoms with van der Waals surface area (Å²) in [6, 6.07) is 16.6. The van der Waals surface area contributed by atoms with Crippen LogP contribution in [0.5, 0.6) is 0 Å². The second kappa shape index (κ2) is 8.36. The van der Waals surface area contributed by atoms with Crippen molar-refractivity contribution in [1.82, 2.24) is 9.47 Å². The van der Waals surface area contributed by atoms with E-state index < -0.39 is 0 Å². The number of anilines is 1. The average molecular weight is 390 g/mol. The summed E-state index contributed by atoms with van der Waals surface area (Å²) in [4.78, 5) is 17.3. The minimum Gasteiger partial charge on any atom is -0.368 e. The lowest BCUT2D eigenvalue weighted by molar-refractivity contribution is 0.0748. The Bertz CT molecular complexity index is 1040. The van der Waals surface area contributed by atoms with Crippen molar-refractivity contribution >= 4 is 22.5 Å². The third-order valence-corrected chi connectivity index (χ3v) is 5.47. The zero-order valence-corrected chi connectivity index (χ0v) is 16.2. The fourth-order valence-corrected chi connectivity index (χ4v) is 3.92. The number of nitrogens with zero attached hydrogens (tertiary/aromatic N) is 4. The van der Waals surface area contributed by atoms with Crippen molar-refractivity contribution in [2.75, 3.05) is 31.1 Å². The Kier molecular flexibility index (Phi) is 5.48. The summed E-state index contributed by atoms with van der Waals surface area (Å²) in [5, 5.41) is 9.75. The van der Waals surface area contributed by atoms with Gasteiger partial charge < -0.3 is 14.4 Å².